The first kappa shape index (κ1) is 15.7. The molecule has 1 aromatic carbocycles. The van der Waals surface area contributed by atoms with Gasteiger partial charge in [-0.05, 0) is 37.8 Å². The lowest BCUT2D eigenvalue weighted by atomic mass is 10.0. The summed E-state index contributed by atoms with van der Waals surface area (Å²) in [5, 5.41) is 11.4. The van der Waals surface area contributed by atoms with Crippen molar-refractivity contribution in [2.75, 3.05) is 31.1 Å². The van der Waals surface area contributed by atoms with Crippen LogP contribution in [-0.2, 0) is 0 Å². The fourth-order valence-corrected chi connectivity index (χ4v) is 3.31. The number of anilines is 1. The fraction of sp³-hybridized carbons (Fsp3) is 0.562. The molecule has 0 aromatic heterocycles. The third kappa shape index (κ3) is 3.29. The number of likely N-dealkylation sites (tertiary alicyclic amines) is 1. The maximum atomic E-state index is 12.6. The number of nitro benzene ring substituents is 1. The summed E-state index contributed by atoms with van der Waals surface area (Å²) in [5.41, 5.74) is 6.88. The predicted octanol–water partition coefficient (Wildman–Crippen LogP) is 1.76. The first-order valence-corrected chi connectivity index (χ1v) is 8.14. The zero-order chi connectivity index (χ0) is 16.4. The molecular formula is C16H22N4O3. The van der Waals surface area contributed by atoms with Gasteiger partial charge in [0, 0.05) is 43.9 Å². The molecule has 0 spiro atoms. The second kappa shape index (κ2) is 6.54. The molecule has 0 aliphatic carbocycles. The molecule has 0 radical (unpaired) electrons. The van der Waals surface area contributed by atoms with E-state index in [4.69, 9.17) is 5.73 Å². The highest BCUT2D eigenvalue weighted by atomic mass is 16.6. The molecule has 2 N–H and O–H groups in total. The number of amides is 1. The molecule has 2 saturated heterocycles. The summed E-state index contributed by atoms with van der Waals surface area (Å²) in [6.45, 7) is 2.89. The number of nitrogens with two attached hydrogens (primary N) is 1. The van der Waals surface area contributed by atoms with Gasteiger partial charge in [0.25, 0.3) is 11.6 Å². The van der Waals surface area contributed by atoms with E-state index >= 15 is 0 Å². The lowest BCUT2D eigenvalue weighted by Gasteiger charge is -2.30. The summed E-state index contributed by atoms with van der Waals surface area (Å²) >= 11 is 0. The van der Waals surface area contributed by atoms with Crippen LogP contribution < -0.4 is 10.6 Å². The molecule has 124 valence electrons. The Balaban J connectivity index is 1.84. The molecule has 7 heteroatoms. The van der Waals surface area contributed by atoms with Gasteiger partial charge in [-0.3, -0.25) is 14.9 Å². The summed E-state index contributed by atoms with van der Waals surface area (Å²) in [6.07, 6.45) is 3.65. The molecular weight excluding hydrogens is 296 g/mol. The van der Waals surface area contributed by atoms with E-state index in [0.717, 1.165) is 38.8 Å². The average molecular weight is 318 g/mol. The lowest BCUT2D eigenvalue weighted by molar-refractivity contribution is -0.384. The van der Waals surface area contributed by atoms with Crippen molar-refractivity contribution in [3.63, 3.8) is 0 Å². The largest absolute Gasteiger partial charge is 0.366 e. The molecule has 3 rings (SSSR count). The molecule has 2 aliphatic rings. The van der Waals surface area contributed by atoms with Crippen LogP contribution in [-0.4, -0.2) is 48.0 Å². The molecule has 2 aliphatic heterocycles. The van der Waals surface area contributed by atoms with Crippen LogP contribution in [0.4, 0.5) is 11.4 Å². The highest BCUT2D eigenvalue weighted by Gasteiger charge is 2.26. The van der Waals surface area contributed by atoms with Gasteiger partial charge in [-0.25, -0.2) is 0 Å². The number of piperidine rings is 1. The van der Waals surface area contributed by atoms with Crippen molar-refractivity contribution in [1.82, 2.24) is 4.90 Å². The number of hydrogen-bond donors (Lipinski definition) is 1. The third-order valence-electron chi connectivity index (χ3n) is 4.69. The molecule has 2 fully saturated rings. The van der Waals surface area contributed by atoms with E-state index in [2.05, 4.69) is 0 Å². The zero-order valence-electron chi connectivity index (χ0n) is 13.1. The molecule has 23 heavy (non-hydrogen) atoms. The number of nitrogens with zero attached hydrogens (tertiary/aromatic N) is 3. The minimum Gasteiger partial charge on any atom is -0.366 e. The normalized spacial score (nSPS) is 19.2. The number of benzene rings is 1. The van der Waals surface area contributed by atoms with E-state index in [1.165, 1.54) is 6.07 Å². The Morgan fingerprint density at radius 2 is 1.83 bits per heavy atom. The van der Waals surface area contributed by atoms with Crippen molar-refractivity contribution in [3.8, 4) is 0 Å². The summed E-state index contributed by atoms with van der Waals surface area (Å²) in [7, 11) is 0. The Kier molecular flexibility index (Phi) is 4.47. The van der Waals surface area contributed by atoms with Crippen molar-refractivity contribution >= 4 is 17.3 Å². The zero-order valence-corrected chi connectivity index (χ0v) is 13.1. The molecule has 0 bridgehead atoms. The first-order chi connectivity index (χ1) is 11.1. The molecule has 0 unspecified atom stereocenters. The minimum atomic E-state index is -0.392. The van der Waals surface area contributed by atoms with Crippen LogP contribution in [0.15, 0.2) is 18.2 Å². The second-order valence-corrected chi connectivity index (χ2v) is 6.28. The summed E-state index contributed by atoms with van der Waals surface area (Å²) in [4.78, 5) is 27.3. The van der Waals surface area contributed by atoms with Gasteiger partial charge in [0.05, 0.1) is 4.92 Å². The predicted molar refractivity (Wildman–Crippen MR) is 87.7 cm³/mol. The van der Waals surface area contributed by atoms with Crippen molar-refractivity contribution in [1.29, 1.82) is 0 Å². The SMILES string of the molecule is NC1CCN(C(=O)c2ccc(N3CCCC3)c([N+](=O)[O-])c2)CC1. The highest BCUT2D eigenvalue weighted by molar-refractivity contribution is 5.96. The van der Waals surface area contributed by atoms with Crippen LogP contribution >= 0.6 is 0 Å². The van der Waals surface area contributed by atoms with Gasteiger partial charge in [-0.15, -0.1) is 0 Å². The Labute approximate surface area is 135 Å². The molecule has 0 saturated carbocycles. The summed E-state index contributed by atoms with van der Waals surface area (Å²) < 4.78 is 0. The number of carbonyl (C=O) groups excluding carboxylic acids is 1. The molecule has 1 amide bonds. The van der Waals surface area contributed by atoms with Gasteiger partial charge >= 0.3 is 0 Å². The number of nitro groups is 1. The second-order valence-electron chi connectivity index (χ2n) is 6.28. The van der Waals surface area contributed by atoms with E-state index < -0.39 is 4.92 Å². The van der Waals surface area contributed by atoms with Gasteiger partial charge < -0.3 is 15.5 Å². The van der Waals surface area contributed by atoms with Crippen LogP contribution in [0.2, 0.25) is 0 Å². The van der Waals surface area contributed by atoms with Gasteiger partial charge in [0.15, 0.2) is 0 Å². The van der Waals surface area contributed by atoms with Gasteiger partial charge in [0.2, 0.25) is 0 Å². The van der Waals surface area contributed by atoms with Gasteiger partial charge in [-0.1, -0.05) is 0 Å². The summed E-state index contributed by atoms with van der Waals surface area (Å²) in [5.74, 6) is -0.145. The Morgan fingerprint density at radius 1 is 1.17 bits per heavy atom. The number of rotatable bonds is 3. The number of carbonyl (C=O) groups is 1. The van der Waals surface area contributed by atoms with Crippen LogP contribution in [0.25, 0.3) is 0 Å². The van der Waals surface area contributed by atoms with E-state index in [9.17, 15) is 14.9 Å². The minimum absolute atomic E-state index is 0.0199. The highest BCUT2D eigenvalue weighted by Crippen LogP contribution is 2.32. The quantitative estimate of drug-likeness (QED) is 0.677. The first-order valence-electron chi connectivity index (χ1n) is 8.14. The standard InChI is InChI=1S/C16H22N4O3/c17-13-5-9-19(10-6-13)16(21)12-3-4-14(15(11-12)20(22)23)18-7-1-2-8-18/h3-4,11,13H,1-2,5-10,17H2. The van der Waals surface area contributed by atoms with Crippen LogP contribution in [0.5, 0.6) is 0 Å². The van der Waals surface area contributed by atoms with Crippen molar-refractivity contribution in [2.45, 2.75) is 31.7 Å². The monoisotopic (exact) mass is 318 g/mol. The van der Waals surface area contributed by atoms with E-state index in [1.807, 2.05) is 4.90 Å². The van der Waals surface area contributed by atoms with Crippen molar-refractivity contribution in [3.05, 3.63) is 33.9 Å². The van der Waals surface area contributed by atoms with Crippen LogP contribution in [0, 0.1) is 10.1 Å². The number of hydrogen-bond acceptors (Lipinski definition) is 5. The van der Waals surface area contributed by atoms with E-state index in [1.54, 1.807) is 17.0 Å². The van der Waals surface area contributed by atoms with E-state index in [0.29, 0.717) is 24.3 Å². The smallest absolute Gasteiger partial charge is 0.293 e. The maximum absolute atomic E-state index is 12.6. The van der Waals surface area contributed by atoms with Crippen LogP contribution in [0.3, 0.4) is 0 Å². The molecule has 7 nitrogen and oxygen atoms in total. The van der Waals surface area contributed by atoms with Crippen molar-refractivity contribution < 1.29 is 9.72 Å². The van der Waals surface area contributed by atoms with Crippen LogP contribution in [0.1, 0.15) is 36.0 Å². The molecule has 1 aromatic rings. The van der Waals surface area contributed by atoms with Crippen molar-refractivity contribution in [2.24, 2.45) is 5.73 Å². The summed E-state index contributed by atoms with van der Waals surface area (Å²) in [6, 6.07) is 4.99. The molecule has 0 atom stereocenters. The van der Waals surface area contributed by atoms with E-state index in [-0.39, 0.29) is 17.6 Å². The van der Waals surface area contributed by atoms with Gasteiger partial charge in [0.1, 0.15) is 5.69 Å². The Hall–Kier alpha value is -2.15. The maximum Gasteiger partial charge on any atom is 0.293 e. The third-order valence-corrected chi connectivity index (χ3v) is 4.69. The Bertz CT molecular complexity index is 605. The average Bonchev–Trinajstić information content (AvgIpc) is 3.08. The topological polar surface area (TPSA) is 92.7 Å². The fourth-order valence-electron chi connectivity index (χ4n) is 3.31. The van der Waals surface area contributed by atoms with Gasteiger partial charge in [-0.2, -0.15) is 0 Å². The molecule has 2 heterocycles. The Morgan fingerprint density at radius 3 is 2.43 bits per heavy atom. The lowest BCUT2D eigenvalue weighted by Crippen LogP contribution is -2.42.